The first kappa shape index (κ1) is 32.0. The van der Waals surface area contributed by atoms with Gasteiger partial charge in [0.2, 0.25) is 0 Å². The SMILES string of the molecule is C=C/C=C\c1c(C)c(C(F)(F)F)c2ccccc2c1-c1cccc2sc3ccc(-c4c5ccccc5c(-c5ccccc5)c5ccccc45)cc3c12. The molecule has 1 aromatic heterocycles. The molecular formula is C48H31F3S. The third-order valence-corrected chi connectivity index (χ3v) is 11.4. The highest BCUT2D eigenvalue weighted by atomic mass is 32.1. The molecule has 52 heavy (non-hydrogen) atoms. The van der Waals surface area contributed by atoms with E-state index in [0.717, 1.165) is 42.4 Å². The Labute approximate surface area is 303 Å². The predicted molar refractivity (Wildman–Crippen MR) is 217 cm³/mol. The van der Waals surface area contributed by atoms with Crippen LogP contribution in [0.4, 0.5) is 13.2 Å². The number of hydrogen-bond acceptors (Lipinski definition) is 1. The highest BCUT2D eigenvalue weighted by Gasteiger charge is 2.36. The van der Waals surface area contributed by atoms with E-state index >= 15 is 0 Å². The number of halogens is 3. The molecule has 0 aliphatic carbocycles. The van der Waals surface area contributed by atoms with Crippen molar-refractivity contribution in [3.63, 3.8) is 0 Å². The largest absolute Gasteiger partial charge is 0.417 e. The molecule has 0 N–H and O–H groups in total. The van der Waals surface area contributed by atoms with Crippen LogP contribution < -0.4 is 0 Å². The lowest BCUT2D eigenvalue weighted by molar-refractivity contribution is -0.136. The van der Waals surface area contributed by atoms with E-state index in [1.165, 1.54) is 32.7 Å². The van der Waals surface area contributed by atoms with Crippen molar-refractivity contribution < 1.29 is 13.2 Å². The summed E-state index contributed by atoms with van der Waals surface area (Å²) in [5.74, 6) is 0. The van der Waals surface area contributed by atoms with Crippen LogP contribution in [-0.2, 0) is 6.18 Å². The highest BCUT2D eigenvalue weighted by Crippen LogP contribution is 2.50. The van der Waals surface area contributed by atoms with Crippen LogP contribution in [0, 0.1) is 6.92 Å². The van der Waals surface area contributed by atoms with Gasteiger partial charge in [-0.05, 0) is 102 Å². The van der Waals surface area contributed by atoms with Crippen molar-refractivity contribution in [3.8, 4) is 33.4 Å². The van der Waals surface area contributed by atoms with Crippen LogP contribution in [0.15, 0.2) is 158 Å². The van der Waals surface area contributed by atoms with Crippen LogP contribution in [0.25, 0.3) is 91.9 Å². The molecule has 0 nitrogen and oxygen atoms in total. The predicted octanol–water partition coefficient (Wildman–Crippen LogP) is 15.0. The summed E-state index contributed by atoms with van der Waals surface area (Å²) in [6.07, 6.45) is 0.581. The molecule has 0 unspecified atom stereocenters. The van der Waals surface area contributed by atoms with Crippen LogP contribution in [0.3, 0.4) is 0 Å². The molecule has 0 spiro atoms. The van der Waals surface area contributed by atoms with Gasteiger partial charge in [0.1, 0.15) is 0 Å². The second-order valence-corrected chi connectivity index (χ2v) is 14.2. The standard InChI is InChI=1S/C48H31F3S/c1-3-4-17-32-29(2)47(48(49,50)51)38-23-13-12-22-37(38)45(32)39-24-14-25-42-46(39)40-28-31(26-27-41(40)52-42)44-35-20-10-8-18-33(35)43(30-15-6-5-7-16-30)34-19-9-11-21-36(34)44/h3-28H,1H2,2H3/b17-4-. The molecule has 4 heteroatoms. The first-order valence-electron chi connectivity index (χ1n) is 17.2. The molecule has 0 bridgehead atoms. The van der Waals surface area contributed by atoms with E-state index in [0.29, 0.717) is 10.9 Å². The average molecular weight is 697 g/mol. The fourth-order valence-electron chi connectivity index (χ4n) is 8.16. The van der Waals surface area contributed by atoms with Crippen molar-refractivity contribution in [1.82, 2.24) is 0 Å². The third-order valence-electron chi connectivity index (χ3n) is 10.2. The number of allylic oxidation sites excluding steroid dienone is 2. The highest BCUT2D eigenvalue weighted by molar-refractivity contribution is 7.26. The zero-order chi connectivity index (χ0) is 35.6. The lowest BCUT2D eigenvalue weighted by Gasteiger charge is -2.21. The van der Waals surface area contributed by atoms with Crippen molar-refractivity contribution in [1.29, 1.82) is 0 Å². The molecule has 250 valence electrons. The smallest absolute Gasteiger partial charge is 0.166 e. The summed E-state index contributed by atoms with van der Waals surface area (Å²) >= 11 is 1.71. The van der Waals surface area contributed by atoms with E-state index in [9.17, 15) is 13.2 Å². The maximum absolute atomic E-state index is 14.7. The number of hydrogen-bond donors (Lipinski definition) is 0. The first-order chi connectivity index (χ1) is 25.3. The normalized spacial score (nSPS) is 12.2. The van der Waals surface area contributed by atoms with Gasteiger partial charge in [-0.3, -0.25) is 0 Å². The van der Waals surface area contributed by atoms with E-state index in [2.05, 4.69) is 110 Å². The molecule has 0 fully saturated rings. The van der Waals surface area contributed by atoms with E-state index < -0.39 is 11.7 Å². The van der Waals surface area contributed by atoms with Crippen LogP contribution in [0.1, 0.15) is 16.7 Å². The molecule has 0 amide bonds. The van der Waals surface area contributed by atoms with Crippen molar-refractivity contribution >= 4 is 69.9 Å². The monoisotopic (exact) mass is 696 g/mol. The number of rotatable bonds is 5. The Kier molecular flexibility index (Phi) is 7.60. The molecule has 0 atom stereocenters. The van der Waals surface area contributed by atoms with Gasteiger partial charge in [0.05, 0.1) is 5.56 Å². The van der Waals surface area contributed by atoms with Crippen molar-refractivity contribution in [2.45, 2.75) is 13.1 Å². The summed E-state index contributed by atoms with van der Waals surface area (Å²) in [5, 5.41) is 7.59. The zero-order valence-electron chi connectivity index (χ0n) is 28.3. The summed E-state index contributed by atoms with van der Waals surface area (Å²) in [5.41, 5.74) is 6.48. The Morgan fingerprint density at radius 3 is 1.69 bits per heavy atom. The van der Waals surface area contributed by atoms with Crippen LogP contribution in [0.2, 0.25) is 0 Å². The molecule has 0 radical (unpaired) electrons. The number of fused-ring (bicyclic) bond motifs is 6. The zero-order valence-corrected chi connectivity index (χ0v) is 29.1. The summed E-state index contributed by atoms with van der Waals surface area (Å²) in [4.78, 5) is 0. The number of benzene rings is 8. The summed E-state index contributed by atoms with van der Waals surface area (Å²) < 4.78 is 46.4. The quantitative estimate of drug-likeness (QED) is 0.124. The third kappa shape index (κ3) is 4.97. The van der Waals surface area contributed by atoms with Gasteiger partial charge >= 0.3 is 6.18 Å². The van der Waals surface area contributed by atoms with Crippen LogP contribution in [-0.4, -0.2) is 0 Å². The molecule has 0 aliphatic heterocycles. The second-order valence-electron chi connectivity index (χ2n) is 13.1. The molecule has 8 aromatic carbocycles. The molecule has 1 heterocycles. The van der Waals surface area contributed by atoms with E-state index in [1.54, 1.807) is 48.6 Å². The summed E-state index contributed by atoms with van der Waals surface area (Å²) in [7, 11) is 0. The van der Waals surface area contributed by atoms with Gasteiger partial charge in [0.25, 0.3) is 0 Å². The van der Waals surface area contributed by atoms with Crippen molar-refractivity contribution in [3.05, 3.63) is 175 Å². The minimum absolute atomic E-state index is 0.201. The lowest BCUT2D eigenvalue weighted by Crippen LogP contribution is -2.10. The fourth-order valence-corrected chi connectivity index (χ4v) is 9.27. The fraction of sp³-hybridized carbons (Fsp3) is 0.0417. The maximum atomic E-state index is 14.7. The molecule has 9 rings (SSSR count). The maximum Gasteiger partial charge on any atom is 0.417 e. The number of thiophene rings is 1. The molecule has 0 aliphatic rings. The minimum Gasteiger partial charge on any atom is -0.166 e. The number of alkyl halides is 3. The topological polar surface area (TPSA) is 0 Å². The Morgan fingerprint density at radius 2 is 1.10 bits per heavy atom. The lowest BCUT2D eigenvalue weighted by atomic mass is 9.84. The molecule has 0 saturated carbocycles. The van der Waals surface area contributed by atoms with E-state index in [4.69, 9.17) is 0 Å². The minimum atomic E-state index is -4.52. The molecule has 9 aromatic rings. The first-order valence-corrected chi connectivity index (χ1v) is 18.0. The average Bonchev–Trinajstić information content (AvgIpc) is 3.54. The molecule has 0 saturated heterocycles. The van der Waals surface area contributed by atoms with Gasteiger partial charge in [0.15, 0.2) is 0 Å². The Hall–Kier alpha value is -5.97. The second kappa shape index (κ2) is 12.4. The Morgan fingerprint density at radius 1 is 0.538 bits per heavy atom. The molecular weight excluding hydrogens is 666 g/mol. The summed E-state index contributed by atoms with van der Waals surface area (Å²) in [6, 6.07) is 47.6. The van der Waals surface area contributed by atoms with Crippen molar-refractivity contribution in [2.75, 3.05) is 0 Å². The van der Waals surface area contributed by atoms with Crippen molar-refractivity contribution in [2.24, 2.45) is 0 Å². The van der Waals surface area contributed by atoms with Gasteiger partial charge in [-0.25, -0.2) is 0 Å². The van der Waals surface area contributed by atoms with Gasteiger partial charge < -0.3 is 0 Å². The van der Waals surface area contributed by atoms with Gasteiger partial charge in [-0.15, -0.1) is 11.3 Å². The van der Waals surface area contributed by atoms with Gasteiger partial charge in [-0.1, -0.05) is 146 Å². The Balaban J connectivity index is 1.38. The van der Waals surface area contributed by atoms with Crippen LogP contribution >= 0.6 is 11.3 Å². The van der Waals surface area contributed by atoms with Gasteiger partial charge in [-0.2, -0.15) is 13.2 Å². The van der Waals surface area contributed by atoms with Gasteiger partial charge in [0, 0.05) is 20.2 Å². The van der Waals surface area contributed by atoms with E-state index in [1.807, 2.05) is 24.3 Å². The van der Waals surface area contributed by atoms with Crippen LogP contribution in [0.5, 0.6) is 0 Å². The van der Waals surface area contributed by atoms with E-state index in [-0.39, 0.29) is 10.9 Å². The summed E-state index contributed by atoms with van der Waals surface area (Å²) in [6.45, 7) is 5.40. The Bertz CT molecular complexity index is 2850.